The van der Waals surface area contributed by atoms with Gasteiger partial charge < -0.3 is 9.84 Å². The van der Waals surface area contributed by atoms with Crippen molar-refractivity contribution >= 4 is 11.9 Å². The molecule has 0 aliphatic carbocycles. The fraction of sp³-hybridized carbons (Fsp3) is 0.905. The first-order chi connectivity index (χ1) is 12.1. The van der Waals surface area contributed by atoms with Crippen molar-refractivity contribution in [1.29, 1.82) is 0 Å². The molecule has 0 aromatic rings. The minimum atomic E-state index is -1.02. The Morgan fingerprint density at radius 3 is 1.64 bits per heavy atom. The molecule has 148 valence electrons. The molecular formula is C21H40O4. The van der Waals surface area contributed by atoms with Gasteiger partial charge in [-0.3, -0.25) is 4.79 Å². The fourth-order valence-electron chi connectivity index (χ4n) is 2.96. The first-order valence-corrected chi connectivity index (χ1v) is 10.5. The van der Waals surface area contributed by atoms with E-state index in [-0.39, 0.29) is 5.97 Å². The smallest absolute Gasteiger partial charge is 0.345 e. The van der Waals surface area contributed by atoms with Gasteiger partial charge in [-0.15, -0.1) is 0 Å². The molecule has 4 heteroatoms. The zero-order chi connectivity index (χ0) is 18.8. The van der Waals surface area contributed by atoms with Crippen LogP contribution in [0.2, 0.25) is 0 Å². The van der Waals surface area contributed by atoms with Crippen LogP contribution in [0.15, 0.2) is 0 Å². The Kier molecular flexibility index (Phi) is 17.0. The molecule has 1 atom stereocenters. The molecule has 0 aliphatic heterocycles. The van der Waals surface area contributed by atoms with Crippen molar-refractivity contribution in [1.82, 2.24) is 0 Å². The summed E-state index contributed by atoms with van der Waals surface area (Å²) >= 11 is 0. The van der Waals surface area contributed by atoms with Gasteiger partial charge in [-0.05, 0) is 19.3 Å². The van der Waals surface area contributed by atoms with Crippen molar-refractivity contribution in [2.75, 3.05) is 0 Å². The van der Waals surface area contributed by atoms with Gasteiger partial charge in [0, 0.05) is 6.42 Å². The first kappa shape index (κ1) is 23.9. The lowest BCUT2D eigenvalue weighted by Gasteiger charge is -2.13. The zero-order valence-electron chi connectivity index (χ0n) is 16.6. The molecule has 0 fully saturated rings. The number of ether oxygens (including phenoxy) is 1. The first-order valence-electron chi connectivity index (χ1n) is 10.5. The monoisotopic (exact) mass is 356 g/mol. The van der Waals surface area contributed by atoms with E-state index < -0.39 is 12.1 Å². The van der Waals surface area contributed by atoms with E-state index in [1.807, 2.05) is 0 Å². The van der Waals surface area contributed by atoms with E-state index >= 15 is 0 Å². The van der Waals surface area contributed by atoms with Crippen LogP contribution < -0.4 is 0 Å². The van der Waals surface area contributed by atoms with E-state index in [4.69, 9.17) is 4.74 Å². The highest BCUT2D eigenvalue weighted by Crippen LogP contribution is 2.14. The molecule has 0 aromatic heterocycles. The molecular weight excluding hydrogens is 316 g/mol. The summed E-state index contributed by atoms with van der Waals surface area (Å²) in [5.41, 5.74) is 0. The van der Waals surface area contributed by atoms with Gasteiger partial charge in [-0.25, -0.2) is 4.79 Å². The van der Waals surface area contributed by atoms with Crippen LogP contribution in [-0.2, 0) is 14.3 Å². The summed E-state index contributed by atoms with van der Waals surface area (Å²) in [5, 5.41) is 9.20. The largest absolute Gasteiger partial charge is 0.479 e. The third-order valence-electron chi connectivity index (χ3n) is 4.60. The maximum absolute atomic E-state index is 11.7. The number of hydrogen-bond acceptors (Lipinski definition) is 3. The number of esters is 1. The topological polar surface area (TPSA) is 63.6 Å². The van der Waals surface area contributed by atoms with E-state index in [2.05, 4.69) is 13.8 Å². The molecule has 0 radical (unpaired) electrons. The van der Waals surface area contributed by atoms with Crippen molar-refractivity contribution in [3.05, 3.63) is 0 Å². The number of aliphatic carboxylic acids is 1. The summed E-state index contributed by atoms with van der Waals surface area (Å²) in [6, 6.07) is 0. The number of carboxylic acids is 1. The summed E-state index contributed by atoms with van der Waals surface area (Å²) in [7, 11) is 0. The number of unbranched alkanes of at least 4 members (excludes halogenated alkanes) is 12. The number of carbonyl (C=O) groups is 2. The summed E-state index contributed by atoms with van der Waals surface area (Å²) < 4.78 is 5.14. The molecule has 0 bridgehead atoms. The predicted molar refractivity (Wildman–Crippen MR) is 103 cm³/mol. The Balaban J connectivity index is 3.66. The molecule has 4 nitrogen and oxygen atoms in total. The quantitative estimate of drug-likeness (QED) is 0.232. The van der Waals surface area contributed by atoms with Crippen LogP contribution in [0.3, 0.4) is 0 Å². The third-order valence-corrected chi connectivity index (χ3v) is 4.60. The Morgan fingerprint density at radius 2 is 1.16 bits per heavy atom. The highest BCUT2D eigenvalue weighted by Gasteiger charge is 2.21. The van der Waals surface area contributed by atoms with E-state index in [1.54, 1.807) is 0 Å². The average molecular weight is 357 g/mol. The summed E-state index contributed by atoms with van der Waals surface area (Å²) in [4.78, 5) is 22.9. The van der Waals surface area contributed by atoms with Crippen LogP contribution in [0, 0.1) is 0 Å². The van der Waals surface area contributed by atoms with Crippen molar-refractivity contribution in [3.8, 4) is 0 Å². The normalized spacial score (nSPS) is 12.1. The highest BCUT2D eigenvalue weighted by atomic mass is 16.6. The molecule has 0 aliphatic rings. The number of hydrogen-bond donors (Lipinski definition) is 1. The molecule has 0 aromatic carbocycles. The molecule has 0 spiro atoms. The molecule has 1 unspecified atom stereocenters. The lowest BCUT2D eigenvalue weighted by molar-refractivity contribution is -0.164. The Bertz CT molecular complexity index is 328. The number of rotatable bonds is 18. The van der Waals surface area contributed by atoms with Crippen LogP contribution in [0.1, 0.15) is 117 Å². The van der Waals surface area contributed by atoms with Crippen LogP contribution >= 0.6 is 0 Å². The van der Waals surface area contributed by atoms with Crippen LogP contribution in [-0.4, -0.2) is 23.1 Å². The minimum Gasteiger partial charge on any atom is -0.479 e. The van der Waals surface area contributed by atoms with Gasteiger partial charge in [0.25, 0.3) is 0 Å². The van der Waals surface area contributed by atoms with Crippen LogP contribution in [0.5, 0.6) is 0 Å². The number of carbonyl (C=O) groups excluding carboxylic acids is 1. The summed E-state index contributed by atoms with van der Waals surface area (Å²) in [6.45, 7) is 4.35. The van der Waals surface area contributed by atoms with Gasteiger partial charge in [0.2, 0.25) is 0 Å². The van der Waals surface area contributed by atoms with Gasteiger partial charge in [0.15, 0.2) is 6.10 Å². The molecule has 0 amide bonds. The van der Waals surface area contributed by atoms with Crippen LogP contribution in [0.25, 0.3) is 0 Å². The SMILES string of the molecule is CCCCCCCCCCCCC(OC(=O)CCCCCC)C(=O)O. The zero-order valence-corrected chi connectivity index (χ0v) is 16.6. The second-order valence-electron chi connectivity index (χ2n) is 7.10. The maximum atomic E-state index is 11.7. The van der Waals surface area contributed by atoms with Gasteiger partial charge in [0.05, 0.1) is 0 Å². The molecule has 0 rings (SSSR count). The number of carboxylic acid groups (broad SMARTS) is 1. The molecule has 0 saturated carbocycles. The standard InChI is InChI=1S/C21H40O4/c1-3-5-7-9-10-11-12-13-14-15-17-19(21(23)24)25-20(22)18-16-8-6-4-2/h19H,3-18H2,1-2H3,(H,23,24). The molecule has 25 heavy (non-hydrogen) atoms. The van der Waals surface area contributed by atoms with Gasteiger partial charge >= 0.3 is 11.9 Å². The minimum absolute atomic E-state index is 0.335. The average Bonchev–Trinajstić information content (AvgIpc) is 2.59. The summed E-state index contributed by atoms with van der Waals surface area (Å²) in [6.07, 6.45) is 15.9. The molecule has 0 heterocycles. The molecule has 1 N–H and O–H groups in total. The van der Waals surface area contributed by atoms with Crippen molar-refractivity contribution in [3.63, 3.8) is 0 Å². The van der Waals surface area contributed by atoms with E-state index in [0.29, 0.717) is 12.8 Å². The van der Waals surface area contributed by atoms with Crippen molar-refractivity contribution in [2.45, 2.75) is 123 Å². The van der Waals surface area contributed by atoms with Gasteiger partial charge in [-0.1, -0.05) is 90.9 Å². The van der Waals surface area contributed by atoms with E-state index in [0.717, 1.165) is 44.9 Å². The van der Waals surface area contributed by atoms with E-state index in [1.165, 1.54) is 44.9 Å². The second-order valence-corrected chi connectivity index (χ2v) is 7.10. The lowest BCUT2D eigenvalue weighted by atomic mass is 10.0. The molecule has 0 saturated heterocycles. The maximum Gasteiger partial charge on any atom is 0.345 e. The summed E-state index contributed by atoms with van der Waals surface area (Å²) in [5.74, 6) is -1.38. The Morgan fingerprint density at radius 1 is 0.720 bits per heavy atom. The Hall–Kier alpha value is -1.06. The fourth-order valence-corrected chi connectivity index (χ4v) is 2.96. The van der Waals surface area contributed by atoms with Crippen molar-refractivity contribution < 1.29 is 19.4 Å². The Labute approximate surface area is 154 Å². The predicted octanol–water partition coefficient (Wildman–Crippen LogP) is 6.26. The second kappa shape index (κ2) is 17.8. The van der Waals surface area contributed by atoms with Gasteiger partial charge in [-0.2, -0.15) is 0 Å². The lowest BCUT2D eigenvalue weighted by Crippen LogP contribution is -2.27. The third kappa shape index (κ3) is 16.2. The van der Waals surface area contributed by atoms with Crippen LogP contribution in [0.4, 0.5) is 0 Å². The van der Waals surface area contributed by atoms with Crippen molar-refractivity contribution in [2.24, 2.45) is 0 Å². The van der Waals surface area contributed by atoms with E-state index in [9.17, 15) is 14.7 Å². The highest BCUT2D eigenvalue weighted by molar-refractivity contribution is 5.77. The van der Waals surface area contributed by atoms with Gasteiger partial charge in [0.1, 0.15) is 0 Å².